The topological polar surface area (TPSA) is 60.9 Å². The van der Waals surface area contributed by atoms with Crippen molar-refractivity contribution in [3.05, 3.63) is 33.8 Å². The highest BCUT2D eigenvalue weighted by molar-refractivity contribution is 9.10. The predicted molar refractivity (Wildman–Crippen MR) is 83.5 cm³/mol. The summed E-state index contributed by atoms with van der Waals surface area (Å²) in [5, 5.41) is 8.69. The Morgan fingerprint density at radius 3 is 2.48 bits per heavy atom. The van der Waals surface area contributed by atoms with Gasteiger partial charge in [-0.05, 0) is 24.6 Å². The van der Waals surface area contributed by atoms with Crippen molar-refractivity contribution in [2.45, 2.75) is 13.3 Å². The van der Waals surface area contributed by atoms with E-state index in [1.807, 2.05) is 30.0 Å². The van der Waals surface area contributed by atoms with Crippen LogP contribution >= 0.6 is 15.9 Å². The van der Waals surface area contributed by atoms with E-state index in [1.54, 1.807) is 0 Å². The third-order valence-electron chi connectivity index (χ3n) is 3.72. The summed E-state index contributed by atoms with van der Waals surface area (Å²) in [5.74, 6) is -0.744. The number of carboxylic acid groups (broad SMARTS) is 1. The van der Waals surface area contributed by atoms with Gasteiger partial charge in [-0.1, -0.05) is 22.0 Å². The lowest BCUT2D eigenvalue weighted by Gasteiger charge is -2.34. The molecular formula is C15H19BrN2O3. The molecule has 2 rings (SSSR count). The minimum absolute atomic E-state index is 0.0357. The van der Waals surface area contributed by atoms with E-state index < -0.39 is 5.97 Å². The van der Waals surface area contributed by atoms with Crippen LogP contribution in [0.4, 0.5) is 0 Å². The van der Waals surface area contributed by atoms with Gasteiger partial charge in [0.1, 0.15) is 0 Å². The van der Waals surface area contributed by atoms with Crippen molar-refractivity contribution in [2.75, 3.05) is 32.7 Å². The maximum absolute atomic E-state index is 12.4. The Kier molecular flexibility index (Phi) is 5.36. The summed E-state index contributed by atoms with van der Waals surface area (Å²) in [6.45, 7) is 5.28. The average Bonchev–Trinajstić information content (AvgIpc) is 2.48. The van der Waals surface area contributed by atoms with Crippen LogP contribution < -0.4 is 0 Å². The molecule has 0 aliphatic carbocycles. The Morgan fingerprint density at radius 2 is 1.90 bits per heavy atom. The van der Waals surface area contributed by atoms with Gasteiger partial charge in [0, 0.05) is 42.8 Å². The first-order valence-electron chi connectivity index (χ1n) is 6.97. The van der Waals surface area contributed by atoms with Crippen LogP contribution in [0.5, 0.6) is 0 Å². The second kappa shape index (κ2) is 7.04. The quantitative estimate of drug-likeness (QED) is 0.898. The van der Waals surface area contributed by atoms with Gasteiger partial charge in [0.25, 0.3) is 5.91 Å². The fraction of sp³-hybridized carbons (Fsp3) is 0.467. The zero-order chi connectivity index (χ0) is 15.4. The van der Waals surface area contributed by atoms with E-state index in [2.05, 4.69) is 20.8 Å². The number of hydrogen-bond acceptors (Lipinski definition) is 3. The van der Waals surface area contributed by atoms with E-state index in [4.69, 9.17) is 5.11 Å². The monoisotopic (exact) mass is 354 g/mol. The molecule has 0 bridgehead atoms. The summed E-state index contributed by atoms with van der Waals surface area (Å²) in [5.41, 5.74) is 1.79. The first-order valence-corrected chi connectivity index (χ1v) is 7.76. The first kappa shape index (κ1) is 16.0. The summed E-state index contributed by atoms with van der Waals surface area (Å²) < 4.78 is 0.938. The summed E-state index contributed by atoms with van der Waals surface area (Å²) in [7, 11) is 0. The maximum Gasteiger partial charge on any atom is 0.304 e. The van der Waals surface area contributed by atoms with Gasteiger partial charge in [0.15, 0.2) is 0 Å². The Morgan fingerprint density at radius 1 is 1.24 bits per heavy atom. The zero-order valence-corrected chi connectivity index (χ0v) is 13.6. The smallest absolute Gasteiger partial charge is 0.304 e. The minimum Gasteiger partial charge on any atom is -0.481 e. The molecule has 114 valence electrons. The molecule has 0 atom stereocenters. The van der Waals surface area contributed by atoms with Crippen molar-refractivity contribution >= 4 is 27.8 Å². The van der Waals surface area contributed by atoms with Crippen LogP contribution in [0.1, 0.15) is 22.3 Å². The van der Waals surface area contributed by atoms with E-state index in [-0.39, 0.29) is 12.3 Å². The van der Waals surface area contributed by atoms with E-state index in [9.17, 15) is 9.59 Å². The molecule has 0 saturated carbocycles. The lowest BCUT2D eigenvalue weighted by atomic mass is 10.1. The highest BCUT2D eigenvalue weighted by atomic mass is 79.9. The van der Waals surface area contributed by atoms with Gasteiger partial charge in [0.2, 0.25) is 0 Å². The number of amides is 1. The van der Waals surface area contributed by atoms with Crippen LogP contribution in [0.2, 0.25) is 0 Å². The second-order valence-corrected chi connectivity index (χ2v) is 6.10. The fourth-order valence-electron chi connectivity index (χ4n) is 2.34. The van der Waals surface area contributed by atoms with Crippen molar-refractivity contribution in [1.29, 1.82) is 0 Å². The number of benzene rings is 1. The van der Waals surface area contributed by atoms with Crippen molar-refractivity contribution in [2.24, 2.45) is 0 Å². The molecule has 1 N–H and O–H groups in total. The molecular weight excluding hydrogens is 336 g/mol. The standard InChI is InChI=1S/C15H19BrN2O3/c1-11-2-3-12(10-13(11)16)15(21)18-8-6-17(7-9-18)5-4-14(19)20/h2-3,10H,4-9H2,1H3,(H,19,20). The van der Waals surface area contributed by atoms with Crippen LogP contribution in [0, 0.1) is 6.92 Å². The first-order chi connectivity index (χ1) is 9.97. The van der Waals surface area contributed by atoms with E-state index in [0.717, 1.165) is 23.1 Å². The number of aliphatic carboxylic acids is 1. The lowest BCUT2D eigenvalue weighted by Crippen LogP contribution is -2.49. The molecule has 6 heteroatoms. The Hall–Kier alpha value is -1.40. The molecule has 1 aliphatic heterocycles. The van der Waals surface area contributed by atoms with Crippen molar-refractivity contribution in [3.8, 4) is 0 Å². The highest BCUT2D eigenvalue weighted by Crippen LogP contribution is 2.19. The molecule has 1 aliphatic rings. The molecule has 0 unspecified atom stereocenters. The van der Waals surface area contributed by atoms with E-state index in [1.165, 1.54) is 0 Å². The summed E-state index contributed by atoms with van der Waals surface area (Å²) in [4.78, 5) is 26.9. The van der Waals surface area contributed by atoms with Crippen molar-refractivity contribution < 1.29 is 14.7 Å². The fourth-order valence-corrected chi connectivity index (χ4v) is 2.72. The van der Waals surface area contributed by atoms with Gasteiger partial charge in [-0.2, -0.15) is 0 Å². The van der Waals surface area contributed by atoms with Crippen LogP contribution in [0.15, 0.2) is 22.7 Å². The number of halogens is 1. The number of rotatable bonds is 4. The molecule has 5 nitrogen and oxygen atoms in total. The van der Waals surface area contributed by atoms with Gasteiger partial charge in [-0.15, -0.1) is 0 Å². The summed E-state index contributed by atoms with van der Waals surface area (Å²) in [6.07, 6.45) is 0.152. The Labute approximate surface area is 132 Å². The molecule has 1 saturated heterocycles. The second-order valence-electron chi connectivity index (χ2n) is 5.24. The van der Waals surface area contributed by atoms with Crippen LogP contribution in [-0.4, -0.2) is 59.5 Å². The summed E-state index contributed by atoms with van der Waals surface area (Å²) >= 11 is 3.45. The molecule has 1 aromatic rings. The average molecular weight is 355 g/mol. The van der Waals surface area contributed by atoms with Crippen molar-refractivity contribution in [1.82, 2.24) is 9.80 Å². The van der Waals surface area contributed by atoms with Gasteiger partial charge in [-0.3, -0.25) is 14.5 Å². The lowest BCUT2D eigenvalue weighted by molar-refractivity contribution is -0.137. The molecule has 0 spiro atoms. The number of carboxylic acids is 1. The van der Waals surface area contributed by atoms with Crippen molar-refractivity contribution in [3.63, 3.8) is 0 Å². The van der Waals surface area contributed by atoms with E-state index >= 15 is 0 Å². The Bertz CT molecular complexity index is 540. The highest BCUT2D eigenvalue weighted by Gasteiger charge is 2.22. The SMILES string of the molecule is Cc1ccc(C(=O)N2CCN(CCC(=O)O)CC2)cc1Br. The van der Waals surface area contributed by atoms with Crippen LogP contribution in [0.25, 0.3) is 0 Å². The normalized spacial score (nSPS) is 16.0. The van der Waals surface area contributed by atoms with Crippen LogP contribution in [0.3, 0.4) is 0 Å². The maximum atomic E-state index is 12.4. The predicted octanol–water partition coefficient (Wildman–Crippen LogP) is 1.99. The Balaban J connectivity index is 1.90. The number of carbonyl (C=O) groups is 2. The number of nitrogens with zero attached hydrogens (tertiary/aromatic N) is 2. The zero-order valence-electron chi connectivity index (χ0n) is 12.0. The van der Waals surface area contributed by atoms with E-state index in [0.29, 0.717) is 25.2 Å². The number of piperazine rings is 1. The molecule has 0 radical (unpaired) electrons. The molecule has 21 heavy (non-hydrogen) atoms. The molecule has 1 fully saturated rings. The van der Waals surface area contributed by atoms with Gasteiger partial charge in [-0.25, -0.2) is 0 Å². The van der Waals surface area contributed by atoms with Gasteiger partial charge in [0.05, 0.1) is 6.42 Å². The largest absolute Gasteiger partial charge is 0.481 e. The minimum atomic E-state index is -0.780. The molecule has 1 aromatic carbocycles. The third-order valence-corrected chi connectivity index (χ3v) is 4.57. The number of hydrogen-bond donors (Lipinski definition) is 1. The third kappa shape index (κ3) is 4.28. The summed E-state index contributed by atoms with van der Waals surface area (Å²) in [6, 6.07) is 5.63. The molecule has 1 amide bonds. The van der Waals surface area contributed by atoms with Gasteiger partial charge < -0.3 is 10.0 Å². The molecule has 1 heterocycles. The molecule has 0 aromatic heterocycles. The van der Waals surface area contributed by atoms with Gasteiger partial charge >= 0.3 is 5.97 Å². The number of aryl methyl sites for hydroxylation is 1. The number of carbonyl (C=O) groups excluding carboxylic acids is 1. The van der Waals surface area contributed by atoms with Crippen LogP contribution in [-0.2, 0) is 4.79 Å².